The average Bonchev–Trinajstić information content (AvgIpc) is 3.11. The molecular formula is C22H28ClN5O4S. The molecule has 1 aromatic carbocycles. The van der Waals surface area contributed by atoms with Gasteiger partial charge in [0.2, 0.25) is 5.91 Å². The smallest absolute Gasteiger partial charge is 0.254 e. The monoisotopic (exact) mass is 493 g/mol. The van der Waals surface area contributed by atoms with Gasteiger partial charge in [-0.15, -0.1) is 0 Å². The van der Waals surface area contributed by atoms with Crippen molar-refractivity contribution in [2.24, 2.45) is 17.6 Å². The maximum atomic E-state index is 12.8. The first kappa shape index (κ1) is 23.6. The van der Waals surface area contributed by atoms with Crippen LogP contribution >= 0.6 is 11.6 Å². The molecule has 2 amide bonds. The van der Waals surface area contributed by atoms with Gasteiger partial charge in [0.25, 0.3) is 5.91 Å². The van der Waals surface area contributed by atoms with Crippen LogP contribution in [0.4, 0.5) is 11.5 Å². The van der Waals surface area contributed by atoms with Crippen molar-refractivity contribution in [1.82, 2.24) is 14.7 Å². The predicted molar refractivity (Wildman–Crippen MR) is 126 cm³/mol. The molecule has 4 rings (SSSR count). The fourth-order valence-corrected chi connectivity index (χ4v) is 5.68. The van der Waals surface area contributed by atoms with E-state index in [2.05, 4.69) is 17.3 Å². The molecule has 33 heavy (non-hydrogen) atoms. The SMILES string of the molecule is C[C@H]1C[C@@H](C(=O)N2CC(S(C)(=O)=O)C2)CC[C@@H]1n1cc(C(N)=O)c(Nc2ccc(Cl)cc2)n1. The first-order valence-corrected chi connectivity index (χ1v) is 13.3. The van der Waals surface area contributed by atoms with Crippen molar-refractivity contribution < 1.29 is 18.0 Å². The Morgan fingerprint density at radius 2 is 1.85 bits per heavy atom. The molecule has 0 spiro atoms. The van der Waals surface area contributed by atoms with Gasteiger partial charge in [0.1, 0.15) is 5.56 Å². The average molecular weight is 494 g/mol. The quantitative estimate of drug-likeness (QED) is 0.636. The lowest BCUT2D eigenvalue weighted by Gasteiger charge is -2.42. The van der Waals surface area contributed by atoms with Crippen molar-refractivity contribution in [3.63, 3.8) is 0 Å². The van der Waals surface area contributed by atoms with E-state index in [9.17, 15) is 18.0 Å². The van der Waals surface area contributed by atoms with E-state index >= 15 is 0 Å². The third kappa shape index (κ3) is 5.01. The molecule has 2 aliphatic rings. The molecule has 3 N–H and O–H groups in total. The van der Waals surface area contributed by atoms with E-state index in [0.29, 0.717) is 29.2 Å². The zero-order chi connectivity index (χ0) is 23.9. The number of aromatic nitrogens is 2. The number of sulfone groups is 1. The lowest BCUT2D eigenvalue weighted by molar-refractivity contribution is -0.140. The fourth-order valence-electron chi connectivity index (χ4n) is 4.65. The number of halogens is 1. The summed E-state index contributed by atoms with van der Waals surface area (Å²) in [5.74, 6) is -0.156. The zero-order valence-corrected chi connectivity index (χ0v) is 20.1. The summed E-state index contributed by atoms with van der Waals surface area (Å²) >= 11 is 5.94. The molecular weight excluding hydrogens is 466 g/mol. The van der Waals surface area contributed by atoms with Gasteiger partial charge >= 0.3 is 0 Å². The molecule has 2 aromatic rings. The van der Waals surface area contributed by atoms with Gasteiger partial charge in [-0.05, 0) is 49.4 Å². The van der Waals surface area contributed by atoms with Crippen LogP contribution in [-0.4, -0.2) is 59.5 Å². The minimum Gasteiger partial charge on any atom is -0.365 e. The van der Waals surface area contributed by atoms with E-state index in [1.165, 1.54) is 6.26 Å². The van der Waals surface area contributed by atoms with Crippen LogP contribution in [0.1, 0.15) is 42.6 Å². The topological polar surface area (TPSA) is 127 Å². The number of nitrogens with one attached hydrogen (secondary N) is 1. The van der Waals surface area contributed by atoms with Crippen molar-refractivity contribution >= 4 is 44.8 Å². The minimum absolute atomic E-state index is 0.0214. The lowest BCUT2D eigenvalue weighted by Crippen LogP contribution is -2.58. The van der Waals surface area contributed by atoms with Gasteiger partial charge in [-0.1, -0.05) is 18.5 Å². The summed E-state index contributed by atoms with van der Waals surface area (Å²) in [6, 6.07) is 7.07. The number of hydrogen-bond donors (Lipinski definition) is 2. The number of benzene rings is 1. The molecule has 9 nitrogen and oxygen atoms in total. The second-order valence-electron chi connectivity index (χ2n) is 9.12. The Labute approximate surface area is 198 Å². The number of nitrogens with two attached hydrogens (primary N) is 1. The summed E-state index contributed by atoms with van der Waals surface area (Å²) in [7, 11) is -3.11. The second kappa shape index (κ2) is 8.98. The minimum atomic E-state index is -3.11. The van der Waals surface area contributed by atoms with Gasteiger partial charge in [0.15, 0.2) is 15.7 Å². The highest BCUT2D eigenvalue weighted by molar-refractivity contribution is 7.91. The zero-order valence-electron chi connectivity index (χ0n) is 18.6. The van der Waals surface area contributed by atoms with Crippen LogP contribution in [0.5, 0.6) is 0 Å². The van der Waals surface area contributed by atoms with E-state index in [4.69, 9.17) is 17.3 Å². The second-order valence-corrected chi connectivity index (χ2v) is 11.9. The first-order chi connectivity index (χ1) is 15.5. The molecule has 178 valence electrons. The first-order valence-electron chi connectivity index (χ1n) is 10.9. The highest BCUT2D eigenvalue weighted by atomic mass is 35.5. The summed E-state index contributed by atoms with van der Waals surface area (Å²) < 4.78 is 25.0. The highest BCUT2D eigenvalue weighted by Crippen LogP contribution is 2.39. The number of primary amides is 1. The maximum Gasteiger partial charge on any atom is 0.254 e. The molecule has 1 saturated heterocycles. The van der Waals surface area contributed by atoms with Gasteiger partial charge in [-0.25, -0.2) is 8.42 Å². The van der Waals surface area contributed by atoms with Crippen molar-refractivity contribution in [3.05, 3.63) is 41.0 Å². The summed E-state index contributed by atoms with van der Waals surface area (Å²) in [4.78, 5) is 26.5. The molecule has 0 unspecified atom stereocenters. The van der Waals surface area contributed by atoms with Gasteiger partial charge in [-0.2, -0.15) is 5.10 Å². The highest BCUT2D eigenvalue weighted by Gasteiger charge is 2.42. The molecule has 0 radical (unpaired) electrons. The van der Waals surface area contributed by atoms with Crippen molar-refractivity contribution in [3.8, 4) is 0 Å². The van der Waals surface area contributed by atoms with Crippen LogP contribution in [-0.2, 0) is 14.6 Å². The van der Waals surface area contributed by atoms with E-state index in [-0.39, 0.29) is 36.9 Å². The van der Waals surface area contributed by atoms with Crippen LogP contribution in [0.3, 0.4) is 0 Å². The Hall–Kier alpha value is -2.59. The van der Waals surface area contributed by atoms with Gasteiger partial charge in [-0.3, -0.25) is 14.3 Å². The van der Waals surface area contributed by atoms with Crippen molar-refractivity contribution in [2.75, 3.05) is 24.7 Å². The number of hydrogen-bond acceptors (Lipinski definition) is 6. The molecule has 1 saturated carbocycles. The molecule has 1 aromatic heterocycles. The van der Waals surface area contributed by atoms with Crippen LogP contribution < -0.4 is 11.1 Å². The standard InChI is InChI=1S/C22H28ClN5O4S/c1-13-9-14(22(30)27-10-17(11-27)33(2,31)32)3-8-19(13)28-12-18(20(24)29)21(26-28)25-16-6-4-15(23)5-7-16/h4-7,12-14,17,19H,3,8-11H2,1-2H3,(H2,24,29)(H,25,26)/t13-,14-,19-/m0/s1. The van der Waals surface area contributed by atoms with E-state index < -0.39 is 21.0 Å². The van der Waals surface area contributed by atoms with E-state index in [1.807, 2.05) is 0 Å². The maximum absolute atomic E-state index is 12.8. The summed E-state index contributed by atoms with van der Waals surface area (Å²) in [5.41, 5.74) is 6.61. The van der Waals surface area contributed by atoms with Crippen LogP contribution in [0, 0.1) is 11.8 Å². The van der Waals surface area contributed by atoms with E-state index in [1.54, 1.807) is 40.0 Å². The van der Waals surface area contributed by atoms with Crippen molar-refractivity contribution in [1.29, 1.82) is 0 Å². The summed E-state index contributed by atoms with van der Waals surface area (Å²) in [6.07, 6.45) is 4.96. The number of carbonyl (C=O) groups excluding carboxylic acids is 2. The Balaban J connectivity index is 1.43. The number of likely N-dealkylation sites (tertiary alicyclic amines) is 1. The fraction of sp³-hybridized carbons (Fsp3) is 0.500. The molecule has 2 fully saturated rings. The van der Waals surface area contributed by atoms with Gasteiger partial charge in [0, 0.05) is 42.2 Å². The third-order valence-corrected chi connectivity index (χ3v) is 8.44. The number of nitrogens with zero attached hydrogens (tertiary/aromatic N) is 3. The lowest BCUT2D eigenvalue weighted by atomic mass is 9.78. The molecule has 11 heteroatoms. The largest absolute Gasteiger partial charge is 0.365 e. The van der Waals surface area contributed by atoms with Crippen molar-refractivity contribution in [2.45, 2.75) is 37.5 Å². The Bertz CT molecular complexity index is 1160. The number of amides is 2. The Morgan fingerprint density at radius 3 is 2.42 bits per heavy atom. The van der Waals surface area contributed by atoms with Gasteiger partial charge in [0.05, 0.1) is 11.3 Å². The normalized spacial score (nSPS) is 23.7. The van der Waals surface area contributed by atoms with Crippen LogP contribution in [0.25, 0.3) is 0 Å². The Morgan fingerprint density at radius 1 is 1.18 bits per heavy atom. The molecule has 1 aliphatic heterocycles. The van der Waals surface area contributed by atoms with E-state index in [0.717, 1.165) is 12.1 Å². The van der Waals surface area contributed by atoms with Crippen LogP contribution in [0.2, 0.25) is 5.02 Å². The summed E-state index contributed by atoms with van der Waals surface area (Å²) in [6.45, 7) is 2.64. The third-order valence-electron chi connectivity index (χ3n) is 6.68. The van der Waals surface area contributed by atoms with Crippen LogP contribution in [0.15, 0.2) is 30.5 Å². The molecule has 2 heterocycles. The number of anilines is 2. The predicted octanol–water partition coefficient (Wildman–Crippen LogP) is 2.61. The number of rotatable bonds is 6. The number of carbonyl (C=O) groups is 2. The molecule has 0 bridgehead atoms. The van der Waals surface area contributed by atoms with Gasteiger partial charge < -0.3 is 16.0 Å². The molecule has 3 atom stereocenters. The summed E-state index contributed by atoms with van der Waals surface area (Å²) in [5, 5.41) is 7.89. The Kier molecular flexibility index (Phi) is 6.41. The molecule has 1 aliphatic carbocycles.